The van der Waals surface area contributed by atoms with E-state index in [1.165, 1.54) is 11.3 Å². The molecule has 2 heterocycles. The Kier molecular flexibility index (Phi) is 4.56. The van der Waals surface area contributed by atoms with E-state index in [2.05, 4.69) is 23.3 Å². The molecule has 2 aliphatic carbocycles. The summed E-state index contributed by atoms with van der Waals surface area (Å²) in [5, 5.41) is 13.3. The number of pyridine rings is 1. The minimum Gasteiger partial charge on any atom is -0.390 e. The van der Waals surface area contributed by atoms with Crippen LogP contribution in [0.2, 0.25) is 0 Å². The van der Waals surface area contributed by atoms with Crippen LogP contribution in [0.3, 0.4) is 0 Å². The Morgan fingerprint density at radius 2 is 1.96 bits per heavy atom. The average Bonchev–Trinajstić information content (AvgIpc) is 3.17. The van der Waals surface area contributed by atoms with Gasteiger partial charge in [-0.1, -0.05) is 6.92 Å². The molecule has 2 N–H and O–H groups in total. The monoisotopic (exact) mass is 372 g/mol. The molecule has 2 aliphatic rings. The van der Waals surface area contributed by atoms with Crippen molar-refractivity contribution in [2.45, 2.75) is 70.4 Å². The normalized spacial score (nSPS) is 28.9. The van der Waals surface area contributed by atoms with Crippen molar-refractivity contribution >= 4 is 27.5 Å². The number of hydrogen-bond donors (Lipinski definition) is 2. The highest BCUT2D eigenvalue weighted by Crippen LogP contribution is 2.50. The molecule has 5 heteroatoms. The van der Waals surface area contributed by atoms with Crippen LogP contribution in [0.15, 0.2) is 18.3 Å². The summed E-state index contributed by atoms with van der Waals surface area (Å²) in [6.45, 7) is 6.05. The summed E-state index contributed by atoms with van der Waals surface area (Å²) < 4.78 is 1.11. The topological polar surface area (TPSA) is 62.2 Å². The van der Waals surface area contributed by atoms with Gasteiger partial charge in [0.2, 0.25) is 0 Å². The minimum atomic E-state index is -0.625. The number of hydrogen-bond acceptors (Lipinski definition) is 4. The van der Waals surface area contributed by atoms with Gasteiger partial charge in [0, 0.05) is 17.1 Å². The van der Waals surface area contributed by atoms with Crippen LogP contribution in [0.25, 0.3) is 10.2 Å². The number of carbonyl (C=O) groups is 1. The van der Waals surface area contributed by atoms with Crippen LogP contribution in [0, 0.1) is 11.8 Å². The molecule has 4 rings (SSSR count). The Morgan fingerprint density at radius 3 is 2.58 bits per heavy atom. The highest BCUT2D eigenvalue weighted by molar-refractivity contribution is 7.19. The molecule has 4 nitrogen and oxygen atoms in total. The SMILES string of the molecule is C[C@H]1C[C@H]1c1cc2ncc(C(=O)NC3CCC(C(C)(C)O)CC3)cc2s1. The molecule has 0 bridgehead atoms. The summed E-state index contributed by atoms with van der Waals surface area (Å²) in [4.78, 5) is 18.6. The zero-order chi connectivity index (χ0) is 18.5. The lowest BCUT2D eigenvalue weighted by molar-refractivity contribution is -0.00257. The van der Waals surface area contributed by atoms with Crippen molar-refractivity contribution < 1.29 is 9.90 Å². The van der Waals surface area contributed by atoms with E-state index in [-0.39, 0.29) is 11.9 Å². The van der Waals surface area contributed by atoms with Gasteiger partial charge < -0.3 is 10.4 Å². The summed E-state index contributed by atoms with van der Waals surface area (Å²) in [5.74, 6) is 1.77. The summed E-state index contributed by atoms with van der Waals surface area (Å²) in [5.41, 5.74) is 1.03. The molecular weight excluding hydrogens is 344 g/mol. The third-order valence-electron chi connectivity index (χ3n) is 6.19. The van der Waals surface area contributed by atoms with Crippen molar-refractivity contribution in [3.63, 3.8) is 0 Å². The summed E-state index contributed by atoms with van der Waals surface area (Å²) in [6.07, 6.45) is 6.75. The van der Waals surface area contributed by atoms with Crippen LogP contribution >= 0.6 is 11.3 Å². The smallest absolute Gasteiger partial charge is 0.253 e. The van der Waals surface area contributed by atoms with Gasteiger partial charge in [0.1, 0.15) is 0 Å². The lowest BCUT2D eigenvalue weighted by Crippen LogP contribution is -2.41. The van der Waals surface area contributed by atoms with Gasteiger partial charge in [-0.15, -0.1) is 11.3 Å². The molecule has 0 unspecified atom stereocenters. The number of aliphatic hydroxyl groups is 1. The maximum Gasteiger partial charge on any atom is 0.253 e. The highest BCUT2D eigenvalue weighted by Gasteiger charge is 2.35. The van der Waals surface area contributed by atoms with Gasteiger partial charge in [0.15, 0.2) is 0 Å². The molecule has 0 saturated heterocycles. The summed E-state index contributed by atoms with van der Waals surface area (Å²) in [6, 6.07) is 4.37. The van der Waals surface area contributed by atoms with Gasteiger partial charge in [-0.25, -0.2) is 0 Å². The first kappa shape index (κ1) is 17.9. The fourth-order valence-electron chi connectivity index (χ4n) is 4.17. The van der Waals surface area contributed by atoms with Crippen molar-refractivity contribution in [3.05, 3.63) is 28.8 Å². The molecule has 0 aromatic carbocycles. The van der Waals surface area contributed by atoms with E-state index in [1.807, 2.05) is 19.9 Å². The molecular formula is C21H28N2O2S. The van der Waals surface area contributed by atoms with Gasteiger partial charge in [-0.3, -0.25) is 9.78 Å². The fraction of sp³-hybridized carbons (Fsp3) is 0.619. The molecule has 0 aliphatic heterocycles. The van der Waals surface area contributed by atoms with Crippen molar-refractivity contribution in [1.82, 2.24) is 10.3 Å². The van der Waals surface area contributed by atoms with Gasteiger partial charge in [-0.05, 0) is 75.8 Å². The number of carbonyl (C=O) groups excluding carboxylic acids is 1. The predicted octanol–water partition coefficient (Wildman–Crippen LogP) is 4.48. The van der Waals surface area contributed by atoms with Gasteiger partial charge >= 0.3 is 0 Å². The van der Waals surface area contributed by atoms with Crippen LogP contribution in [-0.2, 0) is 0 Å². The number of amides is 1. The van der Waals surface area contributed by atoms with Crippen molar-refractivity contribution in [2.75, 3.05) is 0 Å². The van der Waals surface area contributed by atoms with E-state index >= 15 is 0 Å². The molecule has 26 heavy (non-hydrogen) atoms. The third kappa shape index (κ3) is 3.65. The first-order chi connectivity index (χ1) is 12.3. The zero-order valence-electron chi connectivity index (χ0n) is 15.8. The van der Waals surface area contributed by atoms with Crippen LogP contribution in [-0.4, -0.2) is 27.6 Å². The average molecular weight is 373 g/mol. The van der Waals surface area contributed by atoms with E-state index in [0.717, 1.165) is 41.8 Å². The van der Waals surface area contributed by atoms with Gasteiger partial charge in [-0.2, -0.15) is 0 Å². The Labute approximate surface area is 159 Å². The fourth-order valence-corrected chi connectivity index (χ4v) is 5.48. The molecule has 0 radical (unpaired) electrons. The zero-order valence-corrected chi connectivity index (χ0v) is 16.6. The third-order valence-corrected chi connectivity index (χ3v) is 7.39. The molecule has 2 aromatic heterocycles. The maximum atomic E-state index is 12.6. The quantitative estimate of drug-likeness (QED) is 0.832. The largest absolute Gasteiger partial charge is 0.390 e. The number of nitrogens with zero attached hydrogens (tertiary/aromatic N) is 1. The molecule has 2 saturated carbocycles. The lowest BCUT2D eigenvalue weighted by Gasteiger charge is -2.36. The lowest BCUT2D eigenvalue weighted by atomic mass is 9.77. The van der Waals surface area contributed by atoms with Crippen LogP contribution in [0.4, 0.5) is 0 Å². The molecule has 2 aromatic rings. The van der Waals surface area contributed by atoms with E-state index < -0.39 is 5.60 Å². The Bertz CT molecular complexity index is 815. The van der Waals surface area contributed by atoms with Crippen LogP contribution < -0.4 is 5.32 Å². The molecule has 0 spiro atoms. The van der Waals surface area contributed by atoms with E-state index in [9.17, 15) is 9.90 Å². The second-order valence-electron chi connectivity index (χ2n) is 8.75. The summed E-state index contributed by atoms with van der Waals surface area (Å²) >= 11 is 1.78. The van der Waals surface area contributed by atoms with E-state index in [0.29, 0.717) is 17.4 Å². The van der Waals surface area contributed by atoms with E-state index in [4.69, 9.17) is 0 Å². The second-order valence-corrected chi connectivity index (χ2v) is 9.87. The Morgan fingerprint density at radius 1 is 1.27 bits per heavy atom. The van der Waals surface area contributed by atoms with Gasteiger partial charge in [0.25, 0.3) is 5.91 Å². The minimum absolute atomic E-state index is 0.0270. The number of thiophene rings is 1. The van der Waals surface area contributed by atoms with Crippen LogP contribution in [0.1, 0.15) is 74.0 Å². The maximum absolute atomic E-state index is 12.6. The molecule has 140 valence electrons. The predicted molar refractivity (Wildman–Crippen MR) is 106 cm³/mol. The number of nitrogens with one attached hydrogen (secondary N) is 1. The molecule has 1 amide bonds. The highest BCUT2D eigenvalue weighted by atomic mass is 32.1. The van der Waals surface area contributed by atoms with Gasteiger partial charge in [0.05, 0.1) is 21.4 Å². The summed E-state index contributed by atoms with van der Waals surface area (Å²) in [7, 11) is 0. The Balaban J connectivity index is 1.40. The molecule has 2 fully saturated rings. The van der Waals surface area contributed by atoms with Crippen molar-refractivity contribution in [2.24, 2.45) is 11.8 Å². The van der Waals surface area contributed by atoms with Crippen LogP contribution in [0.5, 0.6) is 0 Å². The second kappa shape index (κ2) is 6.61. The number of rotatable bonds is 4. The standard InChI is InChI=1S/C21H28N2O2S/c1-12-8-16(12)18-10-17-19(26-18)9-13(11-22-17)20(24)23-15-6-4-14(5-7-15)21(2,3)25/h9-12,14-16,25H,4-8H2,1-3H3,(H,23,24)/t12-,14?,15?,16+/m0/s1. The first-order valence-corrected chi connectivity index (χ1v) is 10.6. The number of aromatic nitrogens is 1. The Hall–Kier alpha value is -1.46. The van der Waals surface area contributed by atoms with E-state index in [1.54, 1.807) is 17.5 Å². The first-order valence-electron chi connectivity index (χ1n) is 9.74. The number of fused-ring (bicyclic) bond motifs is 1. The van der Waals surface area contributed by atoms with Crippen molar-refractivity contribution in [1.29, 1.82) is 0 Å². The van der Waals surface area contributed by atoms with Crippen molar-refractivity contribution in [3.8, 4) is 0 Å². The molecule has 2 atom stereocenters.